The summed E-state index contributed by atoms with van der Waals surface area (Å²) in [7, 11) is 0. The average Bonchev–Trinajstić information content (AvgIpc) is 2.38. The van der Waals surface area contributed by atoms with Gasteiger partial charge in [0.2, 0.25) is 5.91 Å². The molecule has 2 rings (SSSR count). The standard InChI is InChI=1S/C15H15ClN2O/c1-11-5-2-3-6-12(11)9-10-15(19)18-14-8-4-7-13(16)17-14/h2-8H,9-10H2,1H3,(H,17,18,19). The van der Waals surface area contributed by atoms with Gasteiger partial charge in [-0.05, 0) is 36.6 Å². The van der Waals surface area contributed by atoms with Crippen LogP contribution in [0.1, 0.15) is 17.5 Å². The molecule has 0 bridgehead atoms. The summed E-state index contributed by atoms with van der Waals surface area (Å²) in [6.45, 7) is 2.05. The number of carbonyl (C=O) groups excluding carboxylic acids is 1. The minimum absolute atomic E-state index is 0.0574. The number of amides is 1. The Morgan fingerprint density at radius 2 is 2.00 bits per heavy atom. The first-order valence-electron chi connectivity index (χ1n) is 6.12. The van der Waals surface area contributed by atoms with Gasteiger partial charge in [0.15, 0.2) is 0 Å². The Labute approximate surface area is 117 Å². The second-order valence-corrected chi connectivity index (χ2v) is 4.71. The van der Waals surface area contributed by atoms with E-state index in [-0.39, 0.29) is 5.91 Å². The van der Waals surface area contributed by atoms with Crippen molar-refractivity contribution in [1.82, 2.24) is 4.98 Å². The molecular weight excluding hydrogens is 260 g/mol. The molecule has 98 valence electrons. The predicted molar refractivity (Wildman–Crippen MR) is 77.4 cm³/mol. The summed E-state index contributed by atoms with van der Waals surface area (Å²) in [6, 6.07) is 13.2. The van der Waals surface area contributed by atoms with E-state index < -0.39 is 0 Å². The fourth-order valence-electron chi connectivity index (χ4n) is 1.82. The van der Waals surface area contributed by atoms with Crippen molar-refractivity contribution in [2.75, 3.05) is 5.32 Å². The monoisotopic (exact) mass is 274 g/mol. The molecule has 1 amide bonds. The molecule has 0 fully saturated rings. The fourth-order valence-corrected chi connectivity index (χ4v) is 1.99. The molecule has 0 unspecified atom stereocenters. The largest absolute Gasteiger partial charge is 0.311 e. The molecule has 0 saturated heterocycles. The maximum Gasteiger partial charge on any atom is 0.225 e. The van der Waals surface area contributed by atoms with Gasteiger partial charge in [-0.3, -0.25) is 4.79 Å². The maximum absolute atomic E-state index is 11.8. The first-order valence-corrected chi connectivity index (χ1v) is 6.50. The van der Waals surface area contributed by atoms with E-state index in [2.05, 4.69) is 10.3 Å². The zero-order valence-corrected chi connectivity index (χ0v) is 11.4. The third-order valence-corrected chi connectivity index (χ3v) is 3.08. The first-order chi connectivity index (χ1) is 9.15. The molecule has 1 aromatic carbocycles. The van der Waals surface area contributed by atoms with Crippen molar-refractivity contribution in [3.63, 3.8) is 0 Å². The summed E-state index contributed by atoms with van der Waals surface area (Å²) >= 11 is 5.76. The number of aryl methyl sites for hydroxylation is 2. The van der Waals surface area contributed by atoms with Crippen LogP contribution in [-0.2, 0) is 11.2 Å². The van der Waals surface area contributed by atoms with Gasteiger partial charge in [0, 0.05) is 6.42 Å². The van der Waals surface area contributed by atoms with Gasteiger partial charge in [-0.1, -0.05) is 41.9 Å². The highest BCUT2D eigenvalue weighted by molar-refractivity contribution is 6.29. The van der Waals surface area contributed by atoms with E-state index in [9.17, 15) is 4.79 Å². The zero-order valence-electron chi connectivity index (χ0n) is 10.7. The topological polar surface area (TPSA) is 42.0 Å². The van der Waals surface area contributed by atoms with E-state index >= 15 is 0 Å². The number of nitrogens with one attached hydrogen (secondary N) is 1. The van der Waals surface area contributed by atoms with E-state index in [1.54, 1.807) is 18.2 Å². The van der Waals surface area contributed by atoms with Crippen LogP contribution in [0, 0.1) is 6.92 Å². The van der Waals surface area contributed by atoms with Gasteiger partial charge >= 0.3 is 0 Å². The molecule has 0 saturated carbocycles. The van der Waals surface area contributed by atoms with Crippen molar-refractivity contribution < 1.29 is 4.79 Å². The van der Waals surface area contributed by atoms with E-state index in [1.807, 2.05) is 31.2 Å². The minimum Gasteiger partial charge on any atom is -0.311 e. The van der Waals surface area contributed by atoms with E-state index in [4.69, 9.17) is 11.6 Å². The molecule has 3 nitrogen and oxygen atoms in total. The molecule has 1 heterocycles. The number of benzene rings is 1. The van der Waals surface area contributed by atoms with Crippen molar-refractivity contribution in [2.24, 2.45) is 0 Å². The minimum atomic E-state index is -0.0574. The molecule has 0 aliphatic rings. The highest BCUT2D eigenvalue weighted by atomic mass is 35.5. The van der Waals surface area contributed by atoms with Gasteiger partial charge < -0.3 is 5.32 Å². The van der Waals surface area contributed by atoms with Crippen LogP contribution in [0.15, 0.2) is 42.5 Å². The Hall–Kier alpha value is -1.87. The average molecular weight is 275 g/mol. The van der Waals surface area contributed by atoms with Crippen molar-refractivity contribution in [2.45, 2.75) is 19.8 Å². The predicted octanol–water partition coefficient (Wildman–Crippen LogP) is 3.61. The van der Waals surface area contributed by atoms with Gasteiger partial charge in [-0.2, -0.15) is 0 Å². The molecule has 2 aromatic rings. The lowest BCUT2D eigenvalue weighted by molar-refractivity contribution is -0.116. The number of hydrogen-bond acceptors (Lipinski definition) is 2. The summed E-state index contributed by atoms with van der Waals surface area (Å²) in [4.78, 5) is 15.8. The van der Waals surface area contributed by atoms with Crippen molar-refractivity contribution >= 4 is 23.3 Å². The second-order valence-electron chi connectivity index (χ2n) is 4.32. The Morgan fingerprint density at radius 3 is 2.74 bits per heavy atom. The Morgan fingerprint density at radius 1 is 1.21 bits per heavy atom. The molecular formula is C15H15ClN2O. The number of rotatable bonds is 4. The lowest BCUT2D eigenvalue weighted by Gasteiger charge is -2.06. The van der Waals surface area contributed by atoms with Gasteiger partial charge in [-0.15, -0.1) is 0 Å². The third-order valence-electron chi connectivity index (χ3n) is 2.87. The summed E-state index contributed by atoms with van der Waals surface area (Å²) in [5, 5.41) is 3.11. The quantitative estimate of drug-likeness (QED) is 0.866. The van der Waals surface area contributed by atoms with Crippen molar-refractivity contribution in [3.8, 4) is 0 Å². The van der Waals surface area contributed by atoms with E-state index in [1.165, 1.54) is 11.1 Å². The molecule has 0 radical (unpaired) electrons. The Kier molecular flexibility index (Phi) is 4.53. The molecule has 19 heavy (non-hydrogen) atoms. The smallest absolute Gasteiger partial charge is 0.225 e. The van der Waals surface area contributed by atoms with Crippen LogP contribution in [0.2, 0.25) is 5.15 Å². The first kappa shape index (κ1) is 13.6. The lowest BCUT2D eigenvalue weighted by atomic mass is 10.0. The molecule has 1 aromatic heterocycles. The zero-order chi connectivity index (χ0) is 13.7. The summed E-state index contributed by atoms with van der Waals surface area (Å²) in [5.41, 5.74) is 2.40. The molecule has 0 atom stereocenters. The van der Waals surface area contributed by atoms with Crippen LogP contribution >= 0.6 is 11.6 Å². The number of anilines is 1. The normalized spacial score (nSPS) is 10.2. The number of aromatic nitrogens is 1. The third kappa shape index (κ3) is 4.07. The molecule has 0 spiro atoms. The van der Waals surface area contributed by atoms with Gasteiger partial charge in [-0.25, -0.2) is 4.98 Å². The van der Waals surface area contributed by atoms with Crippen LogP contribution in [0.5, 0.6) is 0 Å². The van der Waals surface area contributed by atoms with Crippen LogP contribution in [0.3, 0.4) is 0 Å². The highest BCUT2D eigenvalue weighted by Crippen LogP contribution is 2.12. The summed E-state index contributed by atoms with van der Waals surface area (Å²) < 4.78 is 0. The van der Waals surface area contributed by atoms with Gasteiger partial charge in [0.05, 0.1) is 0 Å². The summed E-state index contributed by atoms with van der Waals surface area (Å²) in [5.74, 6) is 0.431. The van der Waals surface area contributed by atoms with Crippen molar-refractivity contribution in [1.29, 1.82) is 0 Å². The van der Waals surface area contributed by atoms with Gasteiger partial charge in [0.25, 0.3) is 0 Å². The molecule has 4 heteroatoms. The van der Waals surface area contributed by atoms with E-state index in [0.29, 0.717) is 17.4 Å². The fraction of sp³-hybridized carbons (Fsp3) is 0.200. The lowest BCUT2D eigenvalue weighted by Crippen LogP contribution is -2.13. The van der Waals surface area contributed by atoms with Crippen LogP contribution in [-0.4, -0.2) is 10.9 Å². The number of halogens is 1. The number of nitrogens with zero attached hydrogens (tertiary/aromatic N) is 1. The second kappa shape index (κ2) is 6.34. The number of pyridine rings is 1. The number of carbonyl (C=O) groups is 1. The Balaban J connectivity index is 1.90. The van der Waals surface area contributed by atoms with Crippen molar-refractivity contribution in [3.05, 3.63) is 58.7 Å². The van der Waals surface area contributed by atoms with Crippen LogP contribution in [0.4, 0.5) is 5.82 Å². The highest BCUT2D eigenvalue weighted by Gasteiger charge is 2.05. The SMILES string of the molecule is Cc1ccccc1CCC(=O)Nc1cccc(Cl)n1. The maximum atomic E-state index is 11.8. The molecule has 0 aliphatic heterocycles. The Bertz CT molecular complexity index is 584. The molecule has 0 aliphatic carbocycles. The number of hydrogen-bond donors (Lipinski definition) is 1. The van der Waals surface area contributed by atoms with E-state index in [0.717, 1.165) is 6.42 Å². The summed E-state index contributed by atoms with van der Waals surface area (Å²) in [6.07, 6.45) is 1.15. The van der Waals surface area contributed by atoms with Gasteiger partial charge in [0.1, 0.15) is 11.0 Å². The van der Waals surface area contributed by atoms with Crippen LogP contribution in [0.25, 0.3) is 0 Å². The van der Waals surface area contributed by atoms with Crippen LogP contribution < -0.4 is 5.32 Å². The molecule has 1 N–H and O–H groups in total.